The van der Waals surface area contributed by atoms with E-state index in [1.807, 2.05) is 6.92 Å². The van der Waals surface area contributed by atoms with Gasteiger partial charge in [0.05, 0.1) is 17.1 Å². The summed E-state index contributed by atoms with van der Waals surface area (Å²) in [6, 6.07) is 1.29. The molecular formula is C11H11FN4OS. The van der Waals surface area contributed by atoms with Crippen LogP contribution in [0.25, 0.3) is 0 Å². The Labute approximate surface area is 107 Å². The fourth-order valence-corrected chi connectivity index (χ4v) is 2.12. The Balaban J connectivity index is 2.06. The van der Waals surface area contributed by atoms with Crippen LogP contribution in [-0.2, 0) is 6.54 Å². The van der Waals surface area contributed by atoms with Crippen molar-refractivity contribution in [3.8, 4) is 0 Å². The van der Waals surface area contributed by atoms with Crippen LogP contribution in [0.15, 0.2) is 18.5 Å². The number of nitrogens with zero attached hydrogens (tertiary/aromatic N) is 2. The Hall–Kier alpha value is -2.02. The minimum absolute atomic E-state index is 0.108. The van der Waals surface area contributed by atoms with Gasteiger partial charge in [-0.2, -0.15) is 0 Å². The fourth-order valence-electron chi connectivity index (χ4n) is 1.38. The molecule has 0 atom stereocenters. The van der Waals surface area contributed by atoms with Crippen LogP contribution in [-0.4, -0.2) is 15.9 Å². The zero-order valence-corrected chi connectivity index (χ0v) is 10.4. The van der Waals surface area contributed by atoms with Crippen LogP contribution in [0.5, 0.6) is 0 Å². The number of hydrogen-bond acceptors (Lipinski definition) is 5. The van der Waals surface area contributed by atoms with E-state index in [-0.39, 0.29) is 11.4 Å². The Morgan fingerprint density at radius 3 is 3.00 bits per heavy atom. The second-order valence-corrected chi connectivity index (χ2v) is 4.91. The Bertz CT molecular complexity index is 584. The minimum atomic E-state index is -0.796. The van der Waals surface area contributed by atoms with Crippen molar-refractivity contribution in [2.45, 2.75) is 13.5 Å². The first-order valence-corrected chi connectivity index (χ1v) is 5.99. The molecule has 1 amide bonds. The van der Waals surface area contributed by atoms with E-state index in [4.69, 9.17) is 5.73 Å². The average molecular weight is 266 g/mol. The van der Waals surface area contributed by atoms with Gasteiger partial charge < -0.3 is 11.1 Å². The number of pyridine rings is 1. The average Bonchev–Trinajstić information content (AvgIpc) is 2.76. The third kappa shape index (κ3) is 2.62. The van der Waals surface area contributed by atoms with Gasteiger partial charge in [-0.1, -0.05) is 0 Å². The van der Waals surface area contributed by atoms with E-state index in [0.717, 1.165) is 9.88 Å². The number of rotatable bonds is 3. The zero-order chi connectivity index (χ0) is 13.1. The summed E-state index contributed by atoms with van der Waals surface area (Å²) in [5.41, 5.74) is 5.19. The number of halogens is 1. The van der Waals surface area contributed by atoms with Gasteiger partial charge in [0.2, 0.25) is 0 Å². The summed E-state index contributed by atoms with van der Waals surface area (Å²) in [5, 5.41) is 3.52. The van der Waals surface area contributed by atoms with Crippen molar-refractivity contribution in [1.82, 2.24) is 15.3 Å². The molecule has 0 unspecified atom stereocenters. The van der Waals surface area contributed by atoms with E-state index in [1.165, 1.54) is 23.6 Å². The molecule has 18 heavy (non-hydrogen) atoms. The molecule has 2 rings (SSSR count). The van der Waals surface area contributed by atoms with Crippen molar-refractivity contribution in [3.63, 3.8) is 0 Å². The van der Waals surface area contributed by atoms with Crippen molar-refractivity contribution in [2.24, 2.45) is 0 Å². The van der Waals surface area contributed by atoms with Gasteiger partial charge >= 0.3 is 0 Å². The summed E-state index contributed by atoms with van der Waals surface area (Å²) in [6.07, 6.45) is 2.97. The molecule has 3 N–H and O–H groups in total. The largest absolute Gasteiger partial charge is 0.381 e. The van der Waals surface area contributed by atoms with Gasteiger partial charge in [-0.25, -0.2) is 14.4 Å². The number of nitrogens with one attached hydrogen (secondary N) is 1. The molecule has 0 aromatic carbocycles. The number of nitrogens with two attached hydrogens (primary N) is 1. The van der Waals surface area contributed by atoms with E-state index in [2.05, 4.69) is 15.3 Å². The summed E-state index contributed by atoms with van der Waals surface area (Å²) in [4.78, 5) is 20.3. The van der Waals surface area contributed by atoms with Crippen molar-refractivity contribution < 1.29 is 9.18 Å². The Morgan fingerprint density at radius 2 is 2.33 bits per heavy atom. The summed E-state index contributed by atoms with van der Waals surface area (Å²) in [5.74, 6) is -1.60. The normalized spacial score (nSPS) is 10.3. The molecule has 2 aromatic rings. The minimum Gasteiger partial charge on any atom is -0.381 e. The number of anilines is 1. The highest BCUT2D eigenvalue weighted by Gasteiger charge is 2.14. The number of hydrogen-bond donors (Lipinski definition) is 2. The molecule has 5 nitrogen and oxygen atoms in total. The molecule has 0 saturated heterocycles. The molecule has 0 aliphatic rings. The van der Waals surface area contributed by atoms with Crippen LogP contribution in [0.3, 0.4) is 0 Å². The van der Waals surface area contributed by atoms with E-state index in [1.54, 1.807) is 6.20 Å². The molecule has 0 fully saturated rings. The SMILES string of the molecule is Cc1ncc(CNC(=O)c2ccnc(N)c2F)s1. The van der Waals surface area contributed by atoms with Gasteiger partial charge in [-0.3, -0.25) is 4.79 Å². The lowest BCUT2D eigenvalue weighted by Crippen LogP contribution is -2.24. The smallest absolute Gasteiger partial charge is 0.254 e. The highest BCUT2D eigenvalue weighted by Crippen LogP contribution is 2.13. The van der Waals surface area contributed by atoms with Crippen molar-refractivity contribution in [2.75, 3.05) is 5.73 Å². The molecule has 0 aliphatic carbocycles. The van der Waals surface area contributed by atoms with Crippen LogP contribution in [0.2, 0.25) is 0 Å². The monoisotopic (exact) mass is 266 g/mol. The van der Waals surface area contributed by atoms with E-state index in [9.17, 15) is 9.18 Å². The molecule has 2 aromatic heterocycles. The molecule has 2 heterocycles. The lowest BCUT2D eigenvalue weighted by atomic mass is 10.2. The lowest BCUT2D eigenvalue weighted by molar-refractivity contribution is 0.0947. The zero-order valence-electron chi connectivity index (χ0n) is 9.61. The molecule has 0 aliphatic heterocycles. The maximum atomic E-state index is 13.5. The number of thiazole rings is 1. The van der Waals surface area contributed by atoms with E-state index in [0.29, 0.717) is 6.54 Å². The first-order valence-electron chi connectivity index (χ1n) is 5.17. The maximum absolute atomic E-state index is 13.5. The molecule has 0 radical (unpaired) electrons. The number of amides is 1. The van der Waals surface area contributed by atoms with Crippen LogP contribution in [0.1, 0.15) is 20.2 Å². The van der Waals surface area contributed by atoms with Gasteiger partial charge in [0, 0.05) is 17.3 Å². The summed E-state index contributed by atoms with van der Waals surface area (Å²) in [7, 11) is 0. The van der Waals surface area contributed by atoms with Crippen LogP contribution in [0, 0.1) is 12.7 Å². The standard InChI is InChI=1S/C11H11FN4OS/c1-6-15-4-7(18-6)5-16-11(17)8-2-3-14-10(13)9(8)12/h2-4H,5H2,1H3,(H2,13,14)(H,16,17). The summed E-state index contributed by atoms with van der Waals surface area (Å²) < 4.78 is 13.5. The van der Waals surface area contributed by atoms with E-state index < -0.39 is 11.7 Å². The Morgan fingerprint density at radius 1 is 1.56 bits per heavy atom. The molecule has 0 spiro atoms. The topological polar surface area (TPSA) is 80.9 Å². The quantitative estimate of drug-likeness (QED) is 0.882. The number of aromatic nitrogens is 2. The van der Waals surface area contributed by atoms with Gasteiger partial charge in [-0.15, -0.1) is 11.3 Å². The van der Waals surface area contributed by atoms with Gasteiger partial charge in [0.15, 0.2) is 11.6 Å². The summed E-state index contributed by atoms with van der Waals surface area (Å²) in [6.45, 7) is 2.19. The fraction of sp³-hybridized carbons (Fsp3) is 0.182. The van der Waals surface area contributed by atoms with Crippen molar-refractivity contribution >= 4 is 23.1 Å². The lowest BCUT2D eigenvalue weighted by Gasteiger charge is -2.05. The Kier molecular flexibility index (Phi) is 3.52. The second kappa shape index (κ2) is 5.09. The molecule has 7 heteroatoms. The molecule has 0 saturated carbocycles. The van der Waals surface area contributed by atoms with Crippen molar-refractivity contribution in [1.29, 1.82) is 0 Å². The van der Waals surface area contributed by atoms with Gasteiger partial charge in [-0.05, 0) is 13.0 Å². The molecule has 0 bridgehead atoms. The third-order valence-electron chi connectivity index (χ3n) is 2.25. The predicted molar refractivity (Wildman–Crippen MR) is 66.6 cm³/mol. The number of aryl methyl sites for hydroxylation is 1. The number of carbonyl (C=O) groups excluding carboxylic acids is 1. The summed E-state index contributed by atoms with van der Waals surface area (Å²) >= 11 is 1.48. The van der Waals surface area contributed by atoms with Gasteiger partial charge in [0.25, 0.3) is 5.91 Å². The van der Waals surface area contributed by atoms with Crippen LogP contribution < -0.4 is 11.1 Å². The maximum Gasteiger partial charge on any atom is 0.254 e. The third-order valence-corrected chi connectivity index (χ3v) is 3.17. The predicted octanol–water partition coefficient (Wildman–Crippen LogP) is 1.50. The highest BCUT2D eigenvalue weighted by atomic mass is 32.1. The highest BCUT2D eigenvalue weighted by molar-refractivity contribution is 7.11. The number of nitrogen functional groups attached to an aromatic ring is 1. The van der Waals surface area contributed by atoms with Gasteiger partial charge in [0.1, 0.15) is 0 Å². The molecular weight excluding hydrogens is 255 g/mol. The van der Waals surface area contributed by atoms with Crippen molar-refractivity contribution in [3.05, 3.63) is 39.7 Å². The number of carbonyl (C=O) groups is 1. The van der Waals surface area contributed by atoms with E-state index >= 15 is 0 Å². The van der Waals surface area contributed by atoms with Crippen LogP contribution >= 0.6 is 11.3 Å². The van der Waals surface area contributed by atoms with Crippen LogP contribution in [0.4, 0.5) is 10.2 Å². The molecule has 94 valence electrons. The first-order chi connectivity index (χ1) is 8.58. The first kappa shape index (κ1) is 12.4. The second-order valence-electron chi connectivity index (χ2n) is 3.59.